The molecule has 2 rings (SSSR count). The summed E-state index contributed by atoms with van der Waals surface area (Å²) < 4.78 is 0. The third-order valence-corrected chi connectivity index (χ3v) is 3.56. The van der Waals surface area contributed by atoms with Crippen LogP contribution in [0.25, 0.3) is 0 Å². The molecule has 0 amide bonds. The van der Waals surface area contributed by atoms with Crippen molar-refractivity contribution in [1.82, 2.24) is 10.6 Å². The molecule has 8 N–H and O–H groups in total. The number of aromatic hydroxyl groups is 4. The van der Waals surface area contributed by atoms with Gasteiger partial charge in [-0.25, -0.2) is 0 Å². The standard InChI is InChI=1S/2C9H13NO3/c2*1-10-5-9(13)6-2-3-7(11)8(12)4-6/h2*2-4,9-13H,5H2,1H3/t2*9-/m10/s1. The number of phenolic OH excluding ortho intramolecular Hbond substituents is 4. The number of likely N-dealkylation sites (N-methyl/N-ethyl adjacent to an activating group) is 2. The van der Waals surface area contributed by atoms with Crippen molar-refractivity contribution in [2.24, 2.45) is 0 Å². The zero-order valence-corrected chi connectivity index (χ0v) is 14.7. The number of aliphatic hydroxyl groups excluding tert-OH is 2. The van der Waals surface area contributed by atoms with E-state index in [0.29, 0.717) is 24.2 Å². The number of phenols is 4. The molecule has 0 heterocycles. The van der Waals surface area contributed by atoms with Crippen LogP contribution in [0.3, 0.4) is 0 Å². The maximum absolute atomic E-state index is 9.48. The lowest BCUT2D eigenvalue weighted by molar-refractivity contribution is 0.177. The normalized spacial score (nSPS) is 12.8. The summed E-state index contributed by atoms with van der Waals surface area (Å²) in [4.78, 5) is 0. The molecular weight excluding hydrogens is 340 g/mol. The molecule has 8 nitrogen and oxygen atoms in total. The van der Waals surface area contributed by atoms with E-state index < -0.39 is 12.2 Å². The highest BCUT2D eigenvalue weighted by Crippen LogP contribution is 2.28. The fourth-order valence-electron chi connectivity index (χ4n) is 2.12. The van der Waals surface area contributed by atoms with Crippen LogP contribution in [0, 0.1) is 0 Å². The van der Waals surface area contributed by atoms with Crippen molar-refractivity contribution in [3.63, 3.8) is 0 Å². The van der Waals surface area contributed by atoms with Gasteiger partial charge in [0.05, 0.1) is 12.2 Å². The van der Waals surface area contributed by atoms with E-state index in [4.69, 9.17) is 20.4 Å². The molecule has 0 aromatic heterocycles. The van der Waals surface area contributed by atoms with Gasteiger partial charge in [-0.05, 0) is 49.5 Å². The number of aliphatic hydroxyl groups is 2. The molecular formula is C18H26N2O6. The van der Waals surface area contributed by atoms with Crippen molar-refractivity contribution in [3.8, 4) is 23.0 Å². The van der Waals surface area contributed by atoms with Crippen molar-refractivity contribution < 1.29 is 30.6 Å². The molecule has 0 bridgehead atoms. The Kier molecular flexibility index (Phi) is 8.66. The van der Waals surface area contributed by atoms with Gasteiger partial charge in [0.1, 0.15) is 0 Å². The highest BCUT2D eigenvalue weighted by atomic mass is 16.3. The summed E-state index contributed by atoms with van der Waals surface area (Å²) in [5.74, 6) is -0.791. The van der Waals surface area contributed by atoms with Crippen LogP contribution >= 0.6 is 0 Å². The van der Waals surface area contributed by atoms with E-state index in [0.717, 1.165) is 0 Å². The van der Waals surface area contributed by atoms with Gasteiger partial charge < -0.3 is 41.3 Å². The van der Waals surface area contributed by atoms with E-state index in [1.54, 1.807) is 26.2 Å². The SMILES string of the molecule is CNC[C@@H](O)c1ccc(O)c(O)c1.CNC[C@H](O)c1ccc(O)c(O)c1. The molecule has 0 spiro atoms. The summed E-state index contributed by atoms with van der Waals surface area (Å²) in [6.07, 6.45) is -1.34. The Bertz CT molecular complexity index is 636. The number of benzene rings is 2. The molecule has 8 heteroatoms. The van der Waals surface area contributed by atoms with E-state index in [1.165, 1.54) is 24.3 Å². The maximum Gasteiger partial charge on any atom is 0.157 e. The molecule has 0 aliphatic carbocycles. The molecule has 26 heavy (non-hydrogen) atoms. The molecule has 144 valence electrons. The fourth-order valence-corrected chi connectivity index (χ4v) is 2.12. The fraction of sp³-hybridized carbons (Fsp3) is 0.333. The van der Waals surface area contributed by atoms with Crippen molar-refractivity contribution in [3.05, 3.63) is 47.5 Å². The van der Waals surface area contributed by atoms with Gasteiger partial charge >= 0.3 is 0 Å². The Morgan fingerprint density at radius 1 is 0.654 bits per heavy atom. The van der Waals surface area contributed by atoms with Crippen LogP contribution in [0.1, 0.15) is 23.3 Å². The quantitative estimate of drug-likeness (QED) is 0.349. The largest absolute Gasteiger partial charge is 0.504 e. The van der Waals surface area contributed by atoms with Gasteiger partial charge in [-0.3, -0.25) is 0 Å². The van der Waals surface area contributed by atoms with Crippen LogP contribution in [0.15, 0.2) is 36.4 Å². The Balaban J connectivity index is 0.000000260. The molecule has 2 atom stereocenters. The van der Waals surface area contributed by atoms with Crippen LogP contribution in [0.5, 0.6) is 23.0 Å². The second-order valence-corrected chi connectivity index (χ2v) is 5.64. The van der Waals surface area contributed by atoms with Gasteiger partial charge in [-0.2, -0.15) is 0 Å². The van der Waals surface area contributed by atoms with Crippen LogP contribution < -0.4 is 10.6 Å². The van der Waals surface area contributed by atoms with E-state index >= 15 is 0 Å². The lowest BCUT2D eigenvalue weighted by Gasteiger charge is -2.10. The molecule has 0 fully saturated rings. The third-order valence-electron chi connectivity index (χ3n) is 3.56. The van der Waals surface area contributed by atoms with Gasteiger partial charge in [0.2, 0.25) is 0 Å². The Morgan fingerprint density at radius 3 is 1.27 bits per heavy atom. The lowest BCUT2D eigenvalue weighted by Crippen LogP contribution is -2.16. The third kappa shape index (κ3) is 6.41. The van der Waals surface area contributed by atoms with Crippen LogP contribution in [0.2, 0.25) is 0 Å². The predicted octanol–water partition coefficient (Wildman–Crippen LogP) is 0.701. The minimum atomic E-state index is -0.670. The first-order valence-electron chi connectivity index (χ1n) is 7.99. The predicted molar refractivity (Wildman–Crippen MR) is 97.3 cm³/mol. The molecule has 0 saturated heterocycles. The molecule has 0 unspecified atom stereocenters. The number of hydrogen-bond acceptors (Lipinski definition) is 8. The smallest absolute Gasteiger partial charge is 0.157 e. The van der Waals surface area contributed by atoms with E-state index in [2.05, 4.69) is 10.6 Å². The molecule has 0 saturated carbocycles. The Labute approximate surface area is 152 Å². The van der Waals surface area contributed by atoms with E-state index in [1.807, 2.05) is 0 Å². The van der Waals surface area contributed by atoms with Gasteiger partial charge in [0.15, 0.2) is 23.0 Å². The van der Waals surface area contributed by atoms with Gasteiger partial charge in [0, 0.05) is 13.1 Å². The average molecular weight is 366 g/mol. The summed E-state index contributed by atoms with van der Waals surface area (Å²) in [7, 11) is 3.45. The molecule has 0 radical (unpaired) electrons. The minimum Gasteiger partial charge on any atom is -0.504 e. The van der Waals surface area contributed by atoms with Crippen molar-refractivity contribution in [2.75, 3.05) is 27.2 Å². The summed E-state index contributed by atoms with van der Waals surface area (Å²) in [5, 5.41) is 60.9. The molecule has 2 aromatic rings. The second kappa shape index (κ2) is 10.5. The highest BCUT2D eigenvalue weighted by molar-refractivity contribution is 5.42. The summed E-state index contributed by atoms with van der Waals surface area (Å²) in [5.41, 5.74) is 1.15. The highest BCUT2D eigenvalue weighted by Gasteiger charge is 2.09. The summed E-state index contributed by atoms with van der Waals surface area (Å²) in [6, 6.07) is 8.52. The first-order chi connectivity index (χ1) is 12.3. The number of nitrogens with one attached hydrogen (secondary N) is 2. The molecule has 0 aliphatic heterocycles. The van der Waals surface area contributed by atoms with Gasteiger partial charge in [0.25, 0.3) is 0 Å². The number of rotatable bonds is 6. The summed E-state index contributed by atoms with van der Waals surface area (Å²) in [6.45, 7) is 0.814. The zero-order valence-electron chi connectivity index (χ0n) is 14.7. The Hall–Kier alpha value is -2.52. The monoisotopic (exact) mass is 366 g/mol. The Morgan fingerprint density at radius 2 is 1.00 bits per heavy atom. The zero-order chi connectivity index (χ0) is 19.7. The second-order valence-electron chi connectivity index (χ2n) is 5.64. The van der Waals surface area contributed by atoms with Crippen molar-refractivity contribution in [2.45, 2.75) is 12.2 Å². The lowest BCUT2D eigenvalue weighted by atomic mass is 10.1. The number of hydrogen-bond donors (Lipinski definition) is 8. The topological polar surface area (TPSA) is 145 Å². The summed E-state index contributed by atoms with van der Waals surface area (Å²) >= 11 is 0. The van der Waals surface area contributed by atoms with Crippen molar-refractivity contribution >= 4 is 0 Å². The van der Waals surface area contributed by atoms with Gasteiger partial charge in [-0.15, -0.1) is 0 Å². The maximum atomic E-state index is 9.48. The van der Waals surface area contributed by atoms with Crippen molar-refractivity contribution in [1.29, 1.82) is 0 Å². The van der Waals surface area contributed by atoms with Crippen LogP contribution in [0.4, 0.5) is 0 Å². The van der Waals surface area contributed by atoms with E-state index in [9.17, 15) is 10.2 Å². The average Bonchev–Trinajstić information content (AvgIpc) is 2.60. The molecule has 2 aromatic carbocycles. The van der Waals surface area contributed by atoms with Crippen LogP contribution in [-0.4, -0.2) is 57.8 Å². The first-order valence-corrected chi connectivity index (χ1v) is 7.99. The minimum absolute atomic E-state index is 0.180. The van der Waals surface area contributed by atoms with Gasteiger partial charge in [-0.1, -0.05) is 12.1 Å². The van der Waals surface area contributed by atoms with E-state index in [-0.39, 0.29) is 23.0 Å². The first kappa shape index (κ1) is 21.5. The molecule has 0 aliphatic rings. The van der Waals surface area contributed by atoms with Crippen LogP contribution in [-0.2, 0) is 0 Å².